The number of rotatable bonds is 1. The van der Waals surface area contributed by atoms with Crippen LogP contribution in [-0.2, 0) is 0 Å². The van der Waals surface area contributed by atoms with Crippen molar-refractivity contribution in [3.05, 3.63) is 59.3 Å². The number of halogens is 1. The molecule has 0 atom stereocenters. The standard InChI is InChI=1S/C9H9FN2.C9H11N3O/c1-6-3-8(10)9-11-7(2)5-12(9)4-6;1-6-4-12-5-7(2)11-9(13-3)8(12)10-6/h3-5H,1-2H3;4-5H,1-3H3. The fraction of sp³-hybridized carbons (Fsp3) is 0.278. The van der Waals surface area contributed by atoms with E-state index in [0.717, 1.165) is 28.3 Å². The largest absolute Gasteiger partial charge is 0.478 e. The van der Waals surface area contributed by atoms with Gasteiger partial charge in [0, 0.05) is 24.8 Å². The van der Waals surface area contributed by atoms with Gasteiger partial charge < -0.3 is 13.5 Å². The molecule has 0 amide bonds. The lowest BCUT2D eigenvalue weighted by molar-refractivity contribution is 0.399. The Bertz CT molecular complexity index is 1050. The van der Waals surface area contributed by atoms with Gasteiger partial charge in [0.05, 0.1) is 24.2 Å². The molecule has 130 valence electrons. The zero-order valence-corrected chi connectivity index (χ0v) is 14.9. The molecule has 25 heavy (non-hydrogen) atoms. The predicted molar refractivity (Wildman–Crippen MR) is 93.6 cm³/mol. The van der Waals surface area contributed by atoms with Gasteiger partial charge in [0.15, 0.2) is 11.5 Å². The number of fused-ring (bicyclic) bond motifs is 2. The molecule has 0 saturated carbocycles. The second-order valence-corrected chi connectivity index (χ2v) is 5.98. The van der Waals surface area contributed by atoms with Crippen LogP contribution < -0.4 is 4.74 Å². The Hall–Kier alpha value is -2.96. The highest BCUT2D eigenvalue weighted by Gasteiger charge is 2.06. The summed E-state index contributed by atoms with van der Waals surface area (Å²) in [7, 11) is 1.60. The van der Waals surface area contributed by atoms with Crippen molar-refractivity contribution in [2.45, 2.75) is 27.7 Å². The van der Waals surface area contributed by atoms with Gasteiger partial charge in [-0.05, 0) is 39.3 Å². The molecule has 6 nitrogen and oxygen atoms in total. The molecular formula is C18H20FN5O. The van der Waals surface area contributed by atoms with E-state index in [1.54, 1.807) is 11.5 Å². The summed E-state index contributed by atoms with van der Waals surface area (Å²) in [6, 6.07) is 1.49. The quantitative estimate of drug-likeness (QED) is 0.532. The van der Waals surface area contributed by atoms with E-state index in [9.17, 15) is 4.39 Å². The van der Waals surface area contributed by atoms with Crippen LogP contribution in [0.15, 0.2) is 30.9 Å². The summed E-state index contributed by atoms with van der Waals surface area (Å²) in [5.74, 6) is 0.316. The Labute approximate surface area is 144 Å². The number of aromatic nitrogens is 5. The van der Waals surface area contributed by atoms with Gasteiger partial charge >= 0.3 is 0 Å². The van der Waals surface area contributed by atoms with E-state index in [-0.39, 0.29) is 5.82 Å². The van der Waals surface area contributed by atoms with Crippen LogP contribution in [0.2, 0.25) is 0 Å². The molecule has 0 aliphatic carbocycles. The van der Waals surface area contributed by atoms with Crippen LogP contribution >= 0.6 is 0 Å². The molecule has 0 N–H and O–H groups in total. The molecule has 0 saturated heterocycles. The topological polar surface area (TPSA) is 56.7 Å². The third kappa shape index (κ3) is 3.45. The summed E-state index contributed by atoms with van der Waals surface area (Å²) in [6.45, 7) is 7.58. The van der Waals surface area contributed by atoms with Crippen LogP contribution in [0, 0.1) is 33.5 Å². The molecule has 4 aromatic heterocycles. The van der Waals surface area contributed by atoms with Crippen LogP contribution in [0.4, 0.5) is 4.39 Å². The molecule has 4 rings (SSSR count). The first-order valence-corrected chi connectivity index (χ1v) is 7.86. The molecule has 0 unspecified atom stereocenters. The van der Waals surface area contributed by atoms with Crippen LogP contribution in [0.3, 0.4) is 0 Å². The Morgan fingerprint density at radius 2 is 1.32 bits per heavy atom. The van der Waals surface area contributed by atoms with Gasteiger partial charge in [0.2, 0.25) is 5.65 Å². The van der Waals surface area contributed by atoms with Crippen LogP contribution in [-0.4, -0.2) is 30.9 Å². The fourth-order valence-electron chi connectivity index (χ4n) is 2.66. The van der Waals surface area contributed by atoms with Gasteiger partial charge in [-0.2, -0.15) is 0 Å². The number of hydrogen-bond acceptors (Lipinski definition) is 4. The highest BCUT2D eigenvalue weighted by molar-refractivity contribution is 5.50. The van der Waals surface area contributed by atoms with E-state index in [1.807, 2.05) is 56.9 Å². The summed E-state index contributed by atoms with van der Waals surface area (Å²) in [5, 5.41) is 0. The van der Waals surface area contributed by atoms with Gasteiger partial charge in [-0.15, -0.1) is 0 Å². The van der Waals surface area contributed by atoms with Gasteiger partial charge in [0.25, 0.3) is 5.88 Å². The molecule has 7 heteroatoms. The SMILES string of the molecule is COc1nc(C)cn2cc(C)nc12.Cc1cc(F)c2nc(C)cn2c1. The summed E-state index contributed by atoms with van der Waals surface area (Å²) in [6.07, 6.45) is 7.55. The minimum atomic E-state index is -0.261. The lowest BCUT2D eigenvalue weighted by Crippen LogP contribution is -1.95. The number of pyridine rings is 1. The van der Waals surface area contributed by atoms with Crippen LogP contribution in [0.25, 0.3) is 11.3 Å². The average molecular weight is 341 g/mol. The molecule has 4 heterocycles. The van der Waals surface area contributed by atoms with Gasteiger partial charge in [-0.3, -0.25) is 0 Å². The van der Waals surface area contributed by atoms with E-state index in [2.05, 4.69) is 15.0 Å². The maximum absolute atomic E-state index is 13.2. The van der Waals surface area contributed by atoms with Gasteiger partial charge in [-0.1, -0.05) is 0 Å². The van der Waals surface area contributed by atoms with Crippen molar-refractivity contribution in [3.63, 3.8) is 0 Å². The van der Waals surface area contributed by atoms with E-state index < -0.39 is 0 Å². The molecule has 0 aromatic carbocycles. The number of hydrogen-bond donors (Lipinski definition) is 0. The second kappa shape index (κ2) is 6.51. The third-order valence-corrected chi connectivity index (χ3v) is 3.60. The van der Waals surface area contributed by atoms with Crippen molar-refractivity contribution in [2.24, 2.45) is 0 Å². The lowest BCUT2D eigenvalue weighted by Gasteiger charge is -2.01. The van der Waals surface area contributed by atoms with Crippen molar-refractivity contribution in [2.75, 3.05) is 7.11 Å². The zero-order valence-electron chi connectivity index (χ0n) is 14.9. The van der Waals surface area contributed by atoms with Crippen molar-refractivity contribution in [3.8, 4) is 5.88 Å². The Morgan fingerprint density at radius 3 is 1.92 bits per heavy atom. The monoisotopic (exact) mass is 341 g/mol. The molecule has 0 fully saturated rings. The fourth-order valence-corrected chi connectivity index (χ4v) is 2.66. The van der Waals surface area contributed by atoms with Crippen LogP contribution in [0.5, 0.6) is 5.88 Å². The van der Waals surface area contributed by atoms with Crippen LogP contribution in [0.1, 0.15) is 22.6 Å². The summed E-state index contributed by atoms with van der Waals surface area (Å²) in [5.41, 5.74) is 4.79. The van der Waals surface area contributed by atoms with Crippen molar-refractivity contribution in [1.29, 1.82) is 0 Å². The molecule has 0 aliphatic heterocycles. The Balaban J connectivity index is 0.000000146. The highest BCUT2D eigenvalue weighted by atomic mass is 19.1. The number of aryl methyl sites for hydroxylation is 4. The Morgan fingerprint density at radius 1 is 0.800 bits per heavy atom. The third-order valence-electron chi connectivity index (χ3n) is 3.60. The maximum atomic E-state index is 13.2. The summed E-state index contributed by atoms with van der Waals surface area (Å²) < 4.78 is 21.9. The first-order chi connectivity index (χ1) is 11.9. The number of ether oxygens (including phenoxy) is 1. The minimum Gasteiger partial charge on any atom is -0.478 e. The van der Waals surface area contributed by atoms with E-state index in [4.69, 9.17) is 4.74 Å². The molecule has 0 bridgehead atoms. The normalized spacial score (nSPS) is 10.8. The van der Waals surface area contributed by atoms with Crippen molar-refractivity contribution < 1.29 is 9.13 Å². The number of methoxy groups -OCH3 is 1. The van der Waals surface area contributed by atoms with Crippen molar-refractivity contribution in [1.82, 2.24) is 23.8 Å². The molecule has 0 spiro atoms. The van der Waals surface area contributed by atoms with Gasteiger partial charge in [0.1, 0.15) is 0 Å². The second-order valence-electron chi connectivity index (χ2n) is 5.98. The maximum Gasteiger partial charge on any atom is 0.258 e. The zero-order chi connectivity index (χ0) is 18.1. The molecule has 0 radical (unpaired) electrons. The van der Waals surface area contributed by atoms with Gasteiger partial charge in [-0.25, -0.2) is 19.3 Å². The van der Waals surface area contributed by atoms with Crippen molar-refractivity contribution >= 4 is 11.3 Å². The molecule has 0 aliphatic rings. The minimum absolute atomic E-state index is 0.261. The first-order valence-electron chi connectivity index (χ1n) is 7.86. The smallest absolute Gasteiger partial charge is 0.258 e. The summed E-state index contributed by atoms with van der Waals surface area (Å²) in [4.78, 5) is 12.6. The molecule has 4 aromatic rings. The number of imidazole rings is 2. The molecular weight excluding hydrogens is 321 g/mol. The highest BCUT2D eigenvalue weighted by Crippen LogP contribution is 2.16. The average Bonchev–Trinajstić information content (AvgIpc) is 3.08. The first kappa shape index (κ1) is 16.9. The van der Waals surface area contributed by atoms with E-state index in [0.29, 0.717) is 11.5 Å². The number of nitrogens with zero attached hydrogens (tertiary/aromatic N) is 5. The van der Waals surface area contributed by atoms with E-state index in [1.165, 1.54) is 6.07 Å². The summed E-state index contributed by atoms with van der Waals surface area (Å²) >= 11 is 0. The van der Waals surface area contributed by atoms with E-state index >= 15 is 0 Å². The lowest BCUT2D eigenvalue weighted by atomic mass is 10.3. The predicted octanol–water partition coefficient (Wildman–Crippen LogP) is 3.44. The Kier molecular flexibility index (Phi) is 4.39.